The number of nitrogens with one attached hydrogen (secondary N) is 2. The van der Waals surface area contributed by atoms with Gasteiger partial charge in [-0.25, -0.2) is 4.39 Å². The number of rotatable bonds is 8. The summed E-state index contributed by atoms with van der Waals surface area (Å²) in [5, 5.41) is 13.7. The number of benzene rings is 1. The summed E-state index contributed by atoms with van der Waals surface area (Å²) < 4.78 is 18.9. The van der Waals surface area contributed by atoms with Gasteiger partial charge in [0.1, 0.15) is 5.82 Å². The first-order valence-electron chi connectivity index (χ1n) is 8.47. The van der Waals surface area contributed by atoms with Crippen molar-refractivity contribution >= 4 is 40.0 Å². The molecule has 1 aliphatic rings. The van der Waals surface area contributed by atoms with Crippen LogP contribution >= 0.6 is 23.1 Å². The van der Waals surface area contributed by atoms with Gasteiger partial charge in [0.2, 0.25) is 16.9 Å². The second-order valence-corrected chi connectivity index (χ2v) is 8.15. The van der Waals surface area contributed by atoms with E-state index in [2.05, 4.69) is 20.8 Å². The van der Waals surface area contributed by atoms with E-state index in [0.29, 0.717) is 21.6 Å². The van der Waals surface area contributed by atoms with E-state index in [9.17, 15) is 14.0 Å². The zero-order valence-electron chi connectivity index (χ0n) is 14.4. The first-order chi connectivity index (χ1) is 13.1. The third-order valence-corrected chi connectivity index (χ3v) is 5.78. The molecule has 0 spiro atoms. The van der Waals surface area contributed by atoms with Gasteiger partial charge in [-0.3, -0.25) is 9.59 Å². The minimum atomic E-state index is -0.343. The van der Waals surface area contributed by atoms with E-state index in [4.69, 9.17) is 4.74 Å². The Bertz CT molecular complexity index is 779. The van der Waals surface area contributed by atoms with Crippen molar-refractivity contribution in [1.29, 1.82) is 0 Å². The second-order valence-electron chi connectivity index (χ2n) is 5.95. The Balaban J connectivity index is 1.39. The maximum absolute atomic E-state index is 12.9. The summed E-state index contributed by atoms with van der Waals surface area (Å²) >= 11 is 2.47. The zero-order valence-corrected chi connectivity index (χ0v) is 16.1. The van der Waals surface area contributed by atoms with Crippen molar-refractivity contribution in [2.75, 3.05) is 24.2 Å². The van der Waals surface area contributed by atoms with Crippen LogP contribution in [0.5, 0.6) is 0 Å². The minimum Gasteiger partial charge on any atom is -0.376 e. The Kier molecular flexibility index (Phi) is 7.13. The number of nitrogens with zero attached hydrogens (tertiary/aromatic N) is 2. The van der Waals surface area contributed by atoms with Gasteiger partial charge in [-0.05, 0) is 30.5 Å². The number of amides is 2. The Morgan fingerprint density at radius 1 is 1.26 bits per heavy atom. The number of halogens is 1. The van der Waals surface area contributed by atoms with E-state index in [0.717, 1.165) is 19.4 Å². The number of hydrogen-bond acceptors (Lipinski definition) is 7. The monoisotopic (exact) mass is 410 g/mol. The van der Waals surface area contributed by atoms with Gasteiger partial charge in [0.05, 0.1) is 18.3 Å². The quantitative estimate of drug-likeness (QED) is 0.512. The molecule has 2 heterocycles. The van der Waals surface area contributed by atoms with Crippen LogP contribution in [0.4, 0.5) is 9.52 Å². The largest absolute Gasteiger partial charge is 0.376 e. The maximum atomic E-state index is 12.9. The number of ether oxygens (including phenoxy) is 1. The van der Waals surface area contributed by atoms with Gasteiger partial charge in [0, 0.05) is 13.2 Å². The summed E-state index contributed by atoms with van der Waals surface area (Å²) in [7, 11) is 0. The molecule has 1 fully saturated rings. The second kappa shape index (κ2) is 9.77. The molecule has 7 nitrogen and oxygen atoms in total. The van der Waals surface area contributed by atoms with E-state index in [-0.39, 0.29) is 35.9 Å². The third kappa shape index (κ3) is 6.56. The SMILES string of the molecule is O=C(CSc1nnc(NC(=O)Cc2ccc(F)cc2)s1)NC[C@@H]1CCCO1. The highest BCUT2D eigenvalue weighted by Crippen LogP contribution is 2.25. The van der Waals surface area contributed by atoms with Crippen LogP contribution in [0.15, 0.2) is 28.6 Å². The molecule has 2 aromatic rings. The van der Waals surface area contributed by atoms with Crippen LogP contribution in [-0.4, -0.2) is 47.0 Å². The molecule has 0 unspecified atom stereocenters. The van der Waals surface area contributed by atoms with Crippen molar-refractivity contribution in [3.63, 3.8) is 0 Å². The molecule has 1 aliphatic heterocycles. The zero-order chi connectivity index (χ0) is 19.1. The van der Waals surface area contributed by atoms with Crippen molar-refractivity contribution in [2.24, 2.45) is 0 Å². The Morgan fingerprint density at radius 3 is 2.81 bits per heavy atom. The van der Waals surface area contributed by atoms with Gasteiger partial charge in [-0.15, -0.1) is 10.2 Å². The average Bonchev–Trinajstić information content (AvgIpc) is 3.32. The molecule has 2 N–H and O–H groups in total. The Morgan fingerprint density at radius 2 is 2.07 bits per heavy atom. The van der Waals surface area contributed by atoms with Crippen molar-refractivity contribution in [1.82, 2.24) is 15.5 Å². The summed E-state index contributed by atoms with van der Waals surface area (Å²) in [4.78, 5) is 23.9. The molecule has 27 heavy (non-hydrogen) atoms. The molecule has 0 bridgehead atoms. The summed E-state index contributed by atoms with van der Waals surface area (Å²) in [5.74, 6) is -0.466. The van der Waals surface area contributed by atoms with E-state index < -0.39 is 0 Å². The van der Waals surface area contributed by atoms with E-state index in [1.165, 1.54) is 35.2 Å². The third-order valence-electron chi connectivity index (χ3n) is 3.81. The van der Waals surface area contributed by atoms with Crippen molar-refractivity contribution in [3.05, 3.63) is 35.6 Å². The van der Waals surface area contributed by atoms with Gasteiger partial charge in [0.15, 0.2) is 4.34 Å². The molecule has 1 aromatic carbocycles. The molecule has 1 saturated heterocycles. The Hall–Kier alpha value is -2.04. The van der Waals surface area contributed by atoms with Gasteiger partial charge in [-0.1, -0.05) is 35.2 Å². The molecule has 10 heteroatoms. The molecular weight excluding hydrogens is 391 g/mol. The summed E-state index contributed by atoms with van der Waals surface area (Å²) in [6, 6.07) is 5.75. The topological polar surface area (TPSA) is 93.2 Å². The molecule has 0 saturated carbocycles. The summed E-state index contributed by atoms with van der Waals surface area (Å²) in [6.45, 7) is 1.29. The molecular formula is C17H19FN4O3S2. The molecule has 0 radical (unpaired) electrons. The predicted octanol–water partition coefficient (Wildman–Crippen LogP) is 2.25. The van der Waals surface area contributed by atoms with Crippen LogP contribution in [0.1, 0.15) is 18.4 Å². The molecule has 1 atom stereocenters. The molecule has 3 rings (SSSR count). The van der Waals surface area contributed by atoms with Gasteiger partial charge < -0.3 is 15.4 Å². The summed E-state index contributed by atoms with van der Waals surface area (Å²) in [6.07, 6.45) is 2.25. The van der Waals surface area contributed by atoms with Crippen LogP contribution in [0, 0.1) is 5.82 Å². The lowest BCUT2D eigenvalue weighted by Crippen LogP contribution is -2.32. The highest BCUT2D eigenvalue weighted by molar-refractivity contribution is 8.01. The standard InChI is InChI=1S/C17H19FN4O3S2/c18-12-5-3-11(4-6-12)8-14(23)20-16-21-22-17(27-16)26-10-15(24)19-9-13-2-1-7-25-13/h3-6,13H,1-2,7-10H2,(H,19,24)(H,20,21,23)/t13-/m0/s1. The fourth-order valence-electron chi connectivity index (χ4n) is 2.48. The van der Waals surface area contributed by atoms with Gasteiger partial charge in [0.25, 0.3) is 0 Å². The van der Waals surface area contributed by atoms with Crippen LogP contribution < -0.4 is 10.6 Å². The van der Waals surface area contributed by atoms with Crippen molar-refractivity contribution in [2.45, 2.75) is 29.7 Å². The predicted molar refractivity (Wildman–Crippen MR) is 101 cm³/mol. The summed E-state index contributed by atoms with van der Waals surface area (Å²) in [5.41, 5.74) is 0.705. The molecule has 0 aliphatic carbocycles. The number of carbonyl (C=O) groups is 2. The van der Waals surface area contributed by atoms with Crippen molar-refractivity contribution < 1.29 is 18.7 Å². The molecule has 144 valence electrons. The van der Waals surface area contributed by atoms with E-state index in [1.54, 1.807) is 12.1 Å². The van der Waals surface area contributed by atoms with E-state index in [1.807, 2.05) is 0 Å². The highest BCUT2D eigenvalue weighted by Gasteiger charge is 2.16. The normalized spacial score (nSPS) is 16.3. The highest BCUT2D eigenvalue weighted by atomic mass is 32.2. The first-order valence-corrected chi connectivity index (χ1v) is 10.3. The molecule has 2 amide bonds. The molecule has 1 aromatic heterocycles. The van der Waals surface area contributed by atoms with Crippen LogP contribution in [0.3, 0.4) is 0 Å². The lowest BCUT2D eigenvalue weighted by molar-refractivity contribution is -0.119. The van der Waals surface area contributed by atoms with Gasteiger partial charge >= 0.3 is 0 Å². The minimum absolute atomic E-state index is 0.0902. The number of carbonyl (C=O) groups excluding carboxylic acids is 2. The van der Waals surface area contributed by atoms with Crippen molar-refractivity contribution in [3.8, 4) is 0 Å². The smallest absolute Gasteiger partial charge is 0.230 e. The fourth-order valence-corrected chi connectivity index (χ4v) is 4.08. The fraction of sp³-hybridized carbons (Fsp3) is 0.412. The lowest BCUT2D eigenvalue weighted by Gasteiger charge is -2.09. The van der Waals surface area contributed by atoms with Crippen LogP contribution in [-0.2, 0) is 20.7 Å². The van der Waals surface area contributed by atoms with Gasteiger partial charge in [-0.2, -0.15) is 0 Å². The Labute approximate surface area is 164 Å². The van der Waals surface area contributed by atoms with Crippen LogP contribution in [0.2, 0.25) is 0 Å². The number of thioether (sulfide) groups is 1. The average molecular weight is 410 g/mol. The maximum Gasteiger partial charge on any atom is 0.230 e. The number of aromatic nitrogens is 2. The first kappa shape index (κ1) is 19.7. The number of hydrogen-bond donors (Lipinski definition) is 2. The lowest BCUT2D eigenvalue weighted by atomic mass is 10.1. The van der Waals surface area contributed by atoms with E-state index >= 15 is 0 Å². The number of anilines is 1. The van der Waals surface area contributed by atoms with Crippen LogP contribution in [0.25, 0.3) is 0 Å².